The molecule has 0 radical (unpaired) electrons. The molecule has 4 heterocycles. The minimum absolute atomic E-state index is 0.226. The molecule has 0 aliphatic heterocycles. The van der Waals surface area contributed by atoms with Gasteiger partial charge >= 0.3 is 0 Å². The number of rotatable bonds is 6. The first-order valence-electron chi connectivity index (χ1n) is 12.6. The van der Waals surface area contributed by atoms with Gasteiger partial charge in [-0.3, -0.25) is 4.98 Å². The molecule has 2 unspecified atom stereocenters. The molecule has 7 rings (SSSR count). The summed E-state index contributed by atoms with van der Waals surface area (Å²) >= 11 is 0. The van der Waals surface area contributed by atoms with E-state index in [1.807, 2.05) is 6.20 Å². The number of hydrogen-bond donors (Lipinski definition) is 2. The quantitative estimate of drug-likeness (QED) is 0.325. The van der Waals surface area contributed by atoms with Crippen molar-refractivity contribution in [2.45, 2.75) is 50.5 Å². The van der Waals surface area contributed by atoms with E-state index in [9.17, 15) is 8.78 Å². The summed E-state index contributed by atoms with van der Waals surface area (Å²) in [6.07, 6.45) is 12.8. The van der Waals surface area contributed by atoms with Crippen LogP contribution in [0, 0.1) is 23.6 Å². The van der Waals surface area contributed by atoms with Gasteiger partial charge in [0.05, 0.1) is 11.7 Å². The Kier molecular flexibility index (Phi) is 5.04. The van der Waals surface area contributed by atoms with Crippen LogP contribution in [0.1, 0.15) is 50.0 Å². The summed E-state index contributed by atoms with van der Waals surface area (Å²) in [5, 5.41) is 7.60. The molecule has 2 atom stereocenters. The van der Waals surface area contributed by atoms with E-state index in [1.165, 1.54) is 44.1 Å². The molecule has 4 aromatic rings. The van der Waals surface area contributed by atoms with Crippen molar-refractivity contribution in [3.63, 3.8) is 0 Å². The monoisotopic (exact) mass is 485 g/mol. The van der Waals surface area contributed by atoms with E-state index in [-0.39, 0.29) is 5.82 Å². The van der Waals surface area contributed by atoms with E-state index in [2.05, 4.69) is 25.6 Å². The third kappa shape index (κ3) is 3.73. The summed E-state index contributed by atoms with van der Waals surface area (Å²) in [6.45, 7) is 0. The van der Waals surface area contributed by atoms with Crippen molar-refractivity contribution in [2.75, 3.05) is 10.6 Å². The van der Waals surface area contributed by atoms with Crippen LogP contribution in [0.25, 0.3) is 22.3 Å². The Labute approximate surface area is 206 Å². The third-order valence-electron chi connectivity index (χ3n) is 7.97. The van der Waals surface area contributed by atoms with Crippen molar-refractivity contribution >= 4 is 28.4 Å². The van der Waals surface area contributed by atoms with Crippen LogP contribution < -0.4 is 10.6 Å². The van der Waals surface area contributed by atoms with Gasteiger partial charge in [0.25, 0.3) is 0 Å². The summed E-state index contributed by atoms with van der Waals surface area (Å²) in [5.74, 6) is 2.02. The Morgan fingerprint density at radius 2 is 1.69 bits per heavy atom. The molecule has 9 heteroatoms. The molecule has 0 saturated heterocycles. The topological polar surface area (TPSA) is 88.5 Å². The molecule has 3 aliphatic rings. The lowest BCUT2D eigenvalue weighted by atomic mass is 9.79. The van der Waals surface area contributed by atoms with E-state index in [4.69, 9.17) is 9.97 Å². The summed E-state index contributed by atoms with van der Waals surface area (Å²) < 4.78 is 27.6. The van der Waals surface area contributed by atoms with E-state index in [1.54, 1.807) is 24.5 Å². The molecule has 2 N–H and O–H groups in total. The van der Waals surface area contributed by atoms with Gasteiger partial charge in [-0.05, 0) is 73.3 Å². The lowest BCUT2D eigenvalue weighted by Gasteiger charge is -2.27. The van der Waals surface area contributed by atoms with Gasteiger partial charge in [-0.25, -0.2) is 19.3 Å². The van der Waals surface area contributed by atoms with Crippen LogP contribution in [0.15, 0.2) is 42.9 Å². The molecule has 3 fully saturated rings. The molecular formula is C27H25F2N7. The number of hydrogen-bond acceptors (Lipinski definition) is 7. The van der Waals surface area contributed by atoms with Gasteiger partial charge in [-0.2, -0.15) is 9.37 Å². The largest absolute Gasteiger partial charge is 0.366 e. The lowest BCUT2D eigenvalue weighted by molar-refractivity contribution is 0.421. The predicted octanol–water partition coefficient (Wildman–Crippen LogP) is 5.98. The minimum atomic E-state index is -0.775. The summed E-state index contributed by atoms with van der Waals surface area (Å²) in [6, 6.07) is 5.98. The number of nitrogens with zero attached hydrogens (tertiary/aromatic N) is 5. The van der Waals surface area contributed by atoms with Crippen LogP contribution in [-0.4, -0.2) is 31.0 Å². The van der Waals surface area contributed by atoms with Crippen molar-refractivity contribution in [1.29, 1.82) is 0 Å². The van der Waals surface area contributed by atoms with Gasteiger partial charge in [0, 0.05) is 29.4 Å². The molecule has 182 valence electrons. The Morgan fingerprint density at radius 1 is 0.861 bits per heavy atom. The molecule has 0 aromatic carbocycles. The second kappa shape index (κ2) is 8.43. The second-order valence-electron chi connectivity index (χ2n) is 10.1. The van der Waals surface area contributed by atoms with Crippen molar-refractivity contribution in [3.8, 4) is 11.4 Å². The van der Waals surface area contributed by atoms with Gasteiger partial charge in [0.15, 0.2) is 17.5 Å². The van der Waals surface area contributed by atoms with Crippen LogP contribution in [0.5, 0.6) is 0 Å². The Hall–Kier alpha value is -3.75. The maximum atomic E-state index is 14.1. The van der Waals surface area contributed by atoms with Gasteiger partial charge in [0.1, 0.15) is 11.6 Å². The fourth-order valence-corrected chi connectivity index (χ4v) is 5.83. The van der Waals surface area contributed by atoms with E-state index >= 15 is 0 Å². The molecular weight excluding hydrogens is 460 g/mol. The third-order valence-corrected chi connectivity index (χ3v) is 7.97. The fourth-order valence-electron chi connectivity index (χ4n) is 5.83. The average molecular weight is 486 g/mol. The lowest BCUT2D eigenvalue weighted by Crippen LogP contribution is -2.14. The highest BCUT2D eigenvalue weighted by atomic mass is 19.1. The first-order chi connectivity index (χ1) is 17.6. The fraction of sp³-hybridized carbons (Fsp3) is 0.370. The van der Waals surface area contributed by atoms with Crippen molar-refractivity contribution in [2.24, 2.45) is 11.8 Å². The molecule has 7 nitrogen and oxygen atoms in total. The standard InChI is InChI=1S/C27H25F2N7/c28-19-7-8-21(29)33-26(19)34-22-11-15(9-10-31-22)25-32-20-13-30-12-18(14-3-1-4-14)23(20)27(36-25)35-24-16-5-2-6-17(16)24/h7-14,16-17,24H,1-6H2,(H,31,33,34)(H,32,35,36). The van der Waals surface area contributed by atoms with Gasteiger partial charge in [-0.1, -0.05) is 12.8 Å². The highest BCUT2D eigenvalue weighted by Crippen LogP contribution is 2.53. The smallest absolute Gasteiger partial charge is 0.214 e. The molecule has 4 aromatic heterocycles. The van der Waals surface area contributed by atoms with Crippen LogP contribution in [0.4, 0.5) is 26.2 Å². The Bertz CT molecular complexity index is 1460. The molecule has 3 saturated carbocycles. The first-order valence-corrected chi connectivity index (χ1v) is 12.6. The average Bonchev–Trinajstić information content (AvgIpc) is 3.25. The first kappa shape index (κ1) is 21.5. The van der Waals surface area contributed by atoms with E-state index < -0.39 is 11.8 Å². The van der Waals surface area contributed by atoms with Gasteiger partial charge in [0.2, 0.25) is 5.95 Å². The number of pyridine rings is 3. The van der Waals surface area contributed by atoms with E-state index in [0.29, 0.717) is 29.2 Å². The number of halogens is 2. The van der Waals surface area contributed by atoms with Crippen LogP contribution >= 0.6 is 0 Å². The maximum absolute atomic E-state index is 14.1. The zero-order valence-electron chi connectivity index (χ0n) is 19.6. The SMILES string of the molecule is Fc1ccc(F)c(Nc2cc(-c3nc(NC4C5CCCC54)c4c(C5CCC5)cncc4n3)ccn2)n1. The van der Waals surface area contributed by atoms with Gasteiger partial charge in [-0.15, -0.1) is 0 Å². The number of fused-ring (bicyclic) bond motifs is 2. The van der Waals surface area contributed by atoms with Gasteiger partial charge < -0.3 is 10.6 Å². The Morgan fingerprint density at radius 3 is 2.50 bits per heavy atom. The number of anilines is 3. The predicted molar refractivity (Wildman–Crippen MR) is 133 cm³/mol. The normalized spacial score (nSPS) is 22.8. The number of nitrogens with one attached hydrogen (secondary N) is 2. The van der Waals surface area contributed by atoms with Crippen molar-refractivity contribution < 1.29 is 8.78 Å². The molecule has 0 amide bonds. The summed E-state index contributed by atoms with van der Waals surface area (Å²) in [5.41, 5.74) is 2.74. The van der Waals surface area contributed by atoms with E-state index in [0.717, 1.165) is 40.7 Å². The van der Waals surface area contributed by atoms with Crippen LogP contribution in [0.3, 0.4) is 0 Å². The highest BCUT2D eigenvalue weighted by molar-refractivity contribution is 5.93. The molecule has 0 spiro atoms. The minimum Gasteiger partial charge on any atom is -0.366 e. The highest BCUT2D eigenvalue weighted by Gasteiger charge is 2.53. The van der Waals surface area contributed by atoms with Crippen LogP contribution in [-0.2, 0) is 0 Å². The summed E-state index contributed by atoms with van der Waals surface area (Å²) in [7, 11) is 0. The Balaban J connectivity index is 1.28. The number of aromatic nitrogens is 5. The molecule has 0 bridgehead atoms. The van der Waals surface area contributed by atoms with Crippen LogP contribution in [0.2, 0.25) is 0 Å². The molecule has 36 heavy (non-hydrogen) atoms. The van der Waals surface area contributed by atoms with Crippen molar-refractivity contribution in [3.05, 3.63) is 60.2 Å². The zero-order valence-corrected chi connectivity index (χ0v) is 19.6. The molecule has 3 aliphatic carbocycles. The maximum Gasteiger partial charge on any atom is 0.214 e. The second-order valence-corrected chi connectivity index (χ2v) is 10.1. The zero-order chi connectivity index (χ0) is 24.2. The van der Waals surface area contributed by atoms with Crippen molar-refractivity contribution in [1.82, 2.24) is 24.9 Å². The summed E-state index contributed by atoms with van der Waals surface area (Å²) in [4.78, 5) is 22.2.